The molecule has 29 heavy (non-hydrogen) atoms. The molecule has 0 fully saturated rings. The van der Waals surface area contributed by atoms with E-state index in [2.05, 4.69) is 63.4 Å². The van der Waals surface area contributed by atoms with E-state index in [4.69, 9.17) is 0 Å². The number of fused-ring (bicyclic) bond motifs is 1. The maximum absolute atomic E-state index is 12.3. The summed E-state index contributed by atoms with van der Waals surface area (Å²) in [4.78, 5) is 16.8. The molecule has 4 rings (SSSR count). The van der Waals surface area contributed by atoms with Crippen molar-refractivity contribution in [3.05, 3.63) is 76.5 Å². The Hall–Kier alpha value is -2.64. The van der Waals surface area contributed by atoms with E-state index < -0.39 is 0 Å². The van der Waals surface area contributed by atoms with Crippen LogP contribution in [0.3, 0.4) is 0 Å². The van der Waals surface area contributed by atoms with Gasteiger partial charge in [0.15, 0.2) is 0 Å². The van der Waals surface area contributed by atoms with E-state index in [0.29, 0.717) is 0 Å². The highest BCUT2D eigenvalue weighted by Crippen LogP contribution is 2.27. The lowest BCUT2D eigenvalue weighted by molar-refractivity contribution is -0.113. The van der Waals surface area contributed by atoms with Gasteiger partial charge in [-0.3, -0.25) is 4.79 Å². The Morgan fingerprint density at radius 3 is 2.66 bits per heavy atom. The molecule has 4 aromatic rings. The zero-order valence-corrected chi connectivity index (χ0v) is 18.4. The van der Waals surface area contributed by atoms with E-state index in [1.165, 1.54) is 22.9 Å². The van der Waals surface area contributed by atoms with Crippen LogP contribution in [0.1, 0.15) is 11.1 Å². The Morgan fingerprint density at radius 2 is 1.90 bits per heavy atom. The number of nitrogens with zero attached hydrogens (tertiary/aromatic N) is 3. The SMILES string of the molecule is Cc1ccc(-c2cc3c(SCC(=O)Nc4ccc(Br)cc4)nccn3n2)cc1C. The number of anilines is 1. The molecule has 1 amide bonds. The van der Waals surface area contributed by atoms with Crippen LogP contribution >= 0.6 is 27.7 Å². The molecular weight excluding hydrogens is 448 g/mol. The van der Waals surface area contributed by atoms with E-state index in [1.807, 2.05) is 41.0 Å². The summed E-state index contributed by atoms with van der Waals surface area (Å²) in [5.41, 5.74) is 6.11. The van der Waals surface area contributed by atoms with Crippen molar-refractivity contribution in [3.8, 4) is 11.3 Å². The third-order valence-corrected chi connectivity index (χ3v) is 6.15. The molecule has 5 nitrogen and oxygen atoms in total. The van der Waals surface area contributed by atoms with Gasteiger partial charge in [-0.25, -0.2) is 9.50 Å². The fourth-order valence-corrected chi connectivity index (χ4v) is 3.96. The summed E-state index contributed by atoms with van der Waals surface area (Å²) in [6.07, 6.45) is 3.53. The number of aryl methyl sites for hydroxylation is 2. The molecule has 0 saturated carbocycles. The lowest BCUT2D eigenvalue weighted by Gasteiger charge is -2.05. The van der Waals surface area contributed by atoms with E-state index >= 15 is 0 Å². The number of hydrogen-bond donors (Lipinski definition) is 1. The van der Waals surface area contributed by atoms with Gasteiger partial charge in [-0.05, 0) is 61.4 Å². The van der Waals surface area contributed by atoms with Crippen LogP contribution in [0.4, 0.5) is 5.69 Å². The summed E-state index contributed by atoms with van der Waals surface area (Å²) in [5, 5.41) is 8.35. The highest BCUT2D eigenvalue weighted by Gasteiger charge is 2.12. The minimum absolute atomic E-state index is 0.0741. The lowest BCUT2D eigenvalue weighted by atomic mass is 10.0. The molecule has 0 unspecified atom stereocenters. The number of rotatable bonds is 5. The van der Waals surface area contributed by atoms with Crippen LogP contribution in [0, 0.1) is 13.8 Å². The molecule has 7 heteroatoms. The van der Waals surface area contributed by atoms with Gasteiger partial charge in [-0.1, -0.05) is 39.8 Å². The van der Waals surface area contributed by atoms with Crippen LogP contribution in [0.25, 0.3) is 16.8 Å². The fraction of sp³-hybridized carbons (Fsp3) is 0.136. The van der Waals surface area contributed by atoms with Crippen LogP contribution in [0.15, 0.2) is 70.4 Å². The summed E-state index contributed by atoms with van der Waals surface area (Å²) in [5.74, 6) is 0.197. The predicted molar refractivity (Wildman–Crippen MR) is 121 cm³/mol. The number of benzene rings is 2. The molecule has 0 aliphatic heterocycles. The fourth-order valence-electron chi connectivity index (χ4n) is 2.92. The minimum atomic E-state index is -0.0741. The van der Waals surface area contributed by atoms with Gasteiger partial charge in [0.2, 0.25) is 5.91 Å². The number of carbonyl (C=O) groups excluding carboxylic acids is 1. The van der Waals surface area contributed by atoms with Gasteiger partial charge in [0.1, 0.15) is 5.03 Å². The molecule has 146 valence electrons. The van der Waals surface area contributed by atoms with Gasteiger partial charge in [0, 0.05) is 28.1 Å². The number of carbonyl (C=O) groups is 1. The average Bonchev–Trinajstić information content (AvgIpc) is 3.15. The molecule has 0 atom stereocenters. The minimum Gasteiger partial charge on any atom is -0.325 e. The highest BCUT2D eigenvalue weighted by atomic mass is 79.9. The van der Waals surface area contributed by atoms with Crippen LogP contribution in [-0.4, -0.2) is 26.3 Å². The van der Waals surface area contributed by atoms with Crippen molar-refractivity contribution >= 4 is 44.8 Å². The predicted octanol–water partition coefficient (Wildman–Crippen LogP) is 5.51. The van der Waals surface area contributed by atoms with Gasteiger partial charge in [0.05, 0.1) is 17.0 Å². The summed E-state index contributed by atoms with van der Waals surface area (Å²) in [6, 6.07) is 15.9. The largest absolute Gasteiger partial charge is 0.325 e. The van der Waals surface area contributed by atoms with Crippen LogP contribution in [-0.2, 0) is 4.79 Å². The summed E-state index contributed by atoms with van der Waals surface area (Å²) < 4.78 is 2.79. The number of aromatic nitrogens is 3. The van der Waals surface area contributed by atoms with Crippen molar-refractivity contribution in [3.63, 3.8) is 0 Å². The lowest BCUT2D eigenvalue weighted by Crippen LogP contribution is -2.14. The van der Waals surface area contributed by atoms with Gasteiger partial charge >= 0.3 is 0 Å². The number of hydrogen-bond acceptors (Lipinski definition) is 4. The molecule has 1 N–H and O–H groups in total. The molecule has 0 bridgehead atoms. The smallest absolute Gasteiger partial charge is 0.234 e. The highest BCUT2D eigenvalue weighted by molar-refractivity contribution is 9.10. The topological polar surface area (TPSA) is 59.3 Å². The number of nitrogens with one attached hydrogen (secondary N) is 1. The van der Waals surface area contributed by atoms with Crippen molar-refractivity contribution in [2.24, 2.45) is 0 Å². The molecular formula is C22H19BrN4OS. The number of thioether (sulfide) groups is 1. The molecule has 0 aliphatic carbocycles. The molecule has 2 heterocycles. The van der Waals surface area contributed by atoms with E-state index in [9.17, 15) is 4.79 Å². The number of halogens is 1. The second-order valence-corrected chi connectivity index (χ2v) is 8.61. The second-order valence-electron chi connectivity index (χ2n) is 6.73. The van der Waals surface area contributed by atoms with E-state index in [-0.39, 0.29) is 11.7 Å². The van der Waals surface area contributed by atoms with Gasteiger partial charge in [-0.2, -0.15) is 5.10 Å². The van der Waals surface area contributed by atoms with Crippen molar-refractivity contribution in [2.45, 2.75) is 18.9 Å². The summed E-state index contributed by atoms with van der Waals surface area (Å²) >= 11 is 4.79. The molecule has 2 aromatic carbocycles. The Kier molecular flexibility index (Phi) is 5.69. The van der Waals surface area contributed by atoms with Crippen molar-refractivity contribution < 1.29 is 4.79 Å². The molecule has 0 aliphatic rings. The third-order valence-electron chi connectivity index (χ3n) is 4.63. The molecule has 0 saturated heterocycles. The quantitative estimate of drug-likeness (QED) is 0.394. The summed E-state index contributed by atoms with van der Waals surface area (Å²) in [6.45, 7) is 4.20. The first-order chi connectivity index (χ1) is 14.0. The average molecular weight is 467 g/mol. The first-order valence-corrected chi connectivity index (χ1v) is 10.9. The Balaban J connectivity index is 1.51. The van der Waals surface area contributed by atoms with Crippen LogP contribution < -0.4 is 5.32 Å². The van der Waals surface area contributed by atoms with Gasteiger partial charge in [0.25, 0.3) is 0 Å². The molecule has 2 aromatic heterocycles. The van der Waals surface area contributed by atoms with Crippen LogP contribution in [0.2, 0.25) is 0 Å². The standard InChI is InChI=1S/C22H19BrN4OS/c1-14-3-4-16(11-15(14)2)19-12-20-22(24-9-10-27(20)26-19)29-13-21(28)25-18-7-5-17(23)6-8-18/h3-12H,13H2,1-2H3,(H,25,28). The zero-order valence-electron chi connectivity index (χ0n) is 16.0. The number of amides is 1. The Morgan fingerprint density at radius 1 is 1.10 bits per heavy atom. The van der Waals surface area contributed by atoms with Crippen molar-refractivity contribution in [1.82, 2.24) is 14.6 Å². The normalized spacial score (nSPS) is 11.0. The molecule has 0 radical (unpaired) electrons. The summed E-state index contributed by atoms with van der Waals surface area (Å²) in [7, 11) is 0. The maximum Gasteiger partial charge on any atom is 0.234 e. The molecule has 0 spiro atoms. The van der Waals surface area contributed by atoms with Crippen LogP contribution in [0.5, 0.6) is 0 Å². The Labute approximate surface area is 181 Å². The van der Waals surface area contributed by atoms with E-state index in [1.54, 1.807) is 6.20 Å². The van der Waals surface area contributed by atoms with Crippen molar-refractivity contribution in [1.29, 1.82) is 0 Å². The first-order valence-electron chi connectivity index (χ1n) is 9.10. The maximum atomic E-state index is 12.3. The monoisotopic (exact) mass is 466 g/mol. The third kappa shape index (κ3) is 4.52. The first kappa shape index (κ1) is 19.7. The Bertz CT molecular complexity index is 1190. The van der Waals surface area contributed by atoms with E-state index in [0.717, 1.165) is 32.0 Å². The van der Waals surface area contributed by atoms with Crippen molar-refractivity contribution in [2.75, 3.05) is 11.1 Å². The van der Waals surface area contributed by atoms with Gasteiger partial charge < -0.3 is 5.32 Å². The van der Waals surface area contributed by atoms with Gasteiger partial charge in [-0.15, -0.1) is 0 Å². The zero-order chi connectivity index (χ0) is 20.4. The second kappa shape index (κ2) is 8.39.